The standard InChI is InChI=1S/C52H53N/c1-36-21-22-43(40-25-23-39(24-26-40)37-13-6-4-7-14-37)34-49(36)41-27-29-44(30-28-41)53(45-18-12-17-42(33-45)38-15-8-5-9-16-38)46-31-32-48-47-19-10-11-20-50(47)52(2,3)51(48)35-46/h10-12,17-35,37-38H,4-9,13-16H2,1-3H3. The van der Waals surface area contributed by atoms with Crippen molar-refractivity contribution in [1.82, 2.24) is 0 Å². The lowest BCUT2D eigenvalue weighted by molar-refractivity contribution is 0.443. The first-order valence-electron chi connectivity index (χ1n) is 20.4. The Morgan fingerprint density at radius 2 is 1.04 bits per heavy atom. The molecule has 3 aliphatic rings. The fourth-order valence-electron chi connectivity index (χ4n) is 9.92. The molecule has 1 heteroatoms. The fraction of sp³-hybridized carbons (Fsp3) is 0.308. The van der Waals surface area contributed by atoms with Crippen LogP contribution in [-0.4, -0.2) is 0 Å². The van der Waals surface area contributed by atoms with Crippen molar-refractivity contribution in [3.8, 4) is 33.4 Å². The van der Waals surface area contributed by atoms with Gasteiger partial charge in [0.1, 0.15) is 0 Å². The van der Waals surface area contributed by atoms with E-state index in [1.807, 2.05) is 0 Å². The molecule has 0 heterocycles. The summed E-state index contributed by atoms with van der Waals surface area (Å²) in [6, 6.07) is 51.3. The van der Waals surface area contributed by atoms with Gasteiger partial charge in [0.25, 0.3) is 0 Å². The third-order valence-corrected chi connectivity index (χ3v) is 13.0. The minimum absolute atomic E-state index is 0.0554. The Balaban J connectivity index is 1.08. The SMILES string of the molecule is Cc1ccc(-c2ccc(C3CCCCC3)cc2)cc1-c1ccc(N(c2cccc(C3CCCCC3)c2)c2ccc3c(c2)C(C)(C)c2ccccc2-3)cc1. The minimum Gasteiger partial charge on any atom is -0.310 e. The molecule has 2 saturated carbocycles. The molecule has 266 valence electrons. The summed E-state index contributed by atoms with van der Waals surface area (Å²) < 4.78 is 0. The van der Waals surface area contributed by atoms with Crippen LogP contribution in [0, 0.1) is 6.92 Å². The molecule has 0 atom stereocenters. The highest BCUT2D eigenvalue weighted by Gasteiger charge is 2.35. The Morgan fingerprint density at radius 1 is 0.434 bits per heavy atom. The second kappa shape index (κ2) is 14.2. The van der Waals surface area contributed by atoms with Gasteiger partial charge in [0.05, 0.1) is 0 Å². The zero-order valence-corrected chi connectivity index (χ0v) is 31.9. The number of hydrogen-bond donors (Lipinski definition) is 0. The number of benzene rings is 6. The van der Waals surface area contributed by atoms with Crippen molar-refractivity contribution in [2.45, 2.75) is 102 Å². The molecule has 53 heavy (non-hydrogen) atoms. The van der Waals surface area contributed by atoms with Crippen molar-refractivity contribution in [2.75, 3.05) is 4.90 Å². The Hall–Kier alpha value is -4.88. The van der Waals surface area contributed by atoms with Crippen LogP contribution in [0.25, 0.3) is 33.4 Å². The van der Waals surface area contributed by atoms with Crippen LogP contribution in [0.4, 0.5) is 17.1 Å². The summed E-state index contributed by atoms with van der Waals surface area (Å²) in [4.78, 5) is 2.49. The summed E-state index contributed by atoms with van der Waals surface area (Å²) in [5, 5.41) is 0. The summed E-state index contributed by atoms with van der Waals surface area (Å²) in [5.41, 5.74) is 18.6. The number of aryl methyl sites for hydroxylation is 1. The highest BCUT2D eigenvalue weighted by Crippen LogP contribution is 2.51. The lowest BCUT2D eigenvalue weighted by atomic mass is 9.82. The van der Waals surface area contributed by atoms with Crippen LogP contribution in [0.15, 0.2) is 133 Å². The van der Waals surface area contributed by atoms with Gasteiger partial charge >= 0.3 is 0 Å². The van der Waals surface area contributed by atoms with Gasteiger partial charge in [-0.15, -0.1) is 0 Å². The van der Waals surface area contributed by atoms with E-state index in [0.29, 0.717) is 5.92 Å². The molecule has 0 aliphatic heterocycles. The maximum absolute atomic E-state index is 2.49. The molecule has 0 aromatic heterocycles. The van der Waals surface area contributed by atoms with Crippen LogP contribution < -0.4 is 4.90 Å². The molecular formula is C52H53N. The maximum Gasteiger partial charge on any atom is 0.0465 e. The number of nitrogens with zero attached hydrogens (tertiary/aromatic N) is 1. The Labute approximate surface area is 317 Å². The molecule has 1 nitrogen and oxygen atoms in total. The van der Waals surface area contributed by atoms with Crippen molar-refractivity contribution in [3.05, 3.63) is 161 Å². The van der Waals surface area contributed by atoms with E-state index in [1.54, 1.807) is 0 Å². The van der Waals surface area contributed by atoms with Crippen LogP contribution in [0.5, 0.6) is 0 Å². The van der Waals surface area contributed by atoms with E-state index in [9.17, 15) is 0 Å². The topological polar surface area (TPSA) is 3.24 Å². The van der Waals surface area contributed by atoms with E-state index in [-0.39, 0.29) is 5.41 Å². The van der Waals surface area contributed by atoms with Gasteiger partial charge in [0.2, 0.25) is 0 Å². The van der Waals surface area contributed by atoms with E-state index in [0.717, 1.165) is 5.92 Å². The Kier molecular flexibility index (Phi) is 9.07. The molecular weight excluding hydrogens is 639 g/mol. The van der Waals surface area contributed by atoms with Crippen LogP contribution in [0.2, 0.25) is 0 Å². The van der Waals surface area contributed by atoms with E-state index in [4.69, 9.17) is 0 Å². The highest BCUT2D eigenvalue weighted by atomic mass is 15.1. The van der Waals surface area contributed by atoms with Crippen LogP contribution in [0.1, 0.15) is 118 Å². The lowest BCUT2D eigenvalue weighted by Crippen LogP contribution is -2.16. The van der Waals surface area contributed by atoms with Crippen molar-refractivity contribution < 1.29 is 0 Å². The molecule has 0 N–H and O–H groups in total. The van der Waals surface area contributed by atoms with Crippen molar-refractivity contribution in [3.63, 3.8) is 0 Å². The highest BCUT2D eigenvalue weighted by molar-refractivity contribution is 5.86. The first-order valence-corrected chi connectivity index (χ1v) is 20.4. The molecule has 9 rings (SSSR count). The molecule has 0 bridgehead atoms. The van der Waals surface area contributed by atoms with E-state index >= 15 is 0 Å². The summed E-state index contributed by atoms with van der Waals surface area (Å²) >= 11 is 0. The van der Waals surface area contributed by atoms with Crippen LogP contribution in [-0.2, 0) is 5.41 Å². The van der Waals surface area contributed by atoms with Crippen molar-refractivity contribution >= 4 is 17.1 Å². The second-order valence-electron chi connectivity index (χ2n) is 16.7. The van der Waals surface area contributed by atoms with Gasteiger partial charge in [0.15, 0.2) is 0 Å². The zero-order chi connectivity index (χ0) is 35.9. The van der Waals surface area contributed by atoms with Gasteiger partial charge in [0, 0.05) is 22.5 Å². The van der Waals surface area contributed by atoms with Gasteiger partial charge in [-0.3, -0.25) is 0 Å². The first-order chi connectivity index (χ1) is 25.9. The average Bonchev–Trinajstić information content (AvgIpc) is 3.45. The lowest BCUT2D eigenvalue weighted by Gasteiger charge is -2.29. The largest absolute Gasteiger partial charge is 0.310 e. The molecule has 0 spiro atoms. The van der Waals surface area contributed by atoms with Crippen LogP contribution in [0.3, 0.4) is 0 Å². The van der Waals surface area contributed by atoms with Gasteiger partial charge in [-0.05, 0) is 148 Å². The number of anilines is 3. The average molecular weight is 692 g/mol. The van der Waals surface area contributed by atoms with E-state index in [2.05, 4.69) is 159 Å². The molecule has 6 aromatic rings. The molecule has 3 aliphatic carbocycles. The summed E-state index contributed by atoms with van der Waals surface area (Å²) in [5.74, 6) is 1.39. The smallest absolute Gasteiger partial charge is 0.0465 e. The van der Waals surface area contributed by atoms with Gasteiger partial charge in [-0.1, -0.05) is 143 Å². The molecule has 0 unspecified atom stereocenters. The third-order valence-electron chi connectivity index (χ3n) is 13.0. The van der Waals surface area contributed by atoms with Crippen molar-refractivity contribution in [2.24, 2.45) is 0 Å². The van der Waals surface area contributed by atoms with Gasteiger partial charge in [-0.25, -0.2) is 0 Å². The minimum atomic E-state index is -0.0554. The molecule has 6 aromatic carbocycles. The first kappa shape index (κ1) is 33.9. The quantitative estimate of drug-likeness (QED) is 0.161. The zero-order valence-electron chi connectivity index (χ0n) is 31.9. The predicted molar refractivity (Wildman–Crippen MR) is 226 cm³/mol. The normalized spacial score (nSPS) is 17.0. The maximum atomic E-state index is 2.49. The van der Waals surface area contributed by atoms with Gasteiger partial charge < -0.3 is 4.90 Å². The summed E-state index contributed by atoms with van der Waals surface area (Å²) in [6.45, 7) is 7.00. The predicted octanol–water partition coefficient (Wildman–Crippen LogP) is 15.2. The van der Waals surface area contributed by atoms with Crippen LogP contribution >= 0.6 is 0 Å². The van der Waals surface area contributed by atoms with Crippen molar-refractivity contribution in [1.29, 1.82) is 0 Å². The fourth-order valence-corrected chi connectivity index (χ4v) is 9.92. The number of rotatable bonds is 7. The summed E-state index contributed by atoms with van der Waals surface area (Å²) in [6.07, 6.45) is 13.5. The molecule has 2 fully saturated rings. The Morgan fingerprint density at radius 3 is 1.77 bits per heavy atom. The number of fused-ring (bicyclic) bond motifs is 3. The molecule has 0 amide bonds. The number of hydrogen-bond acceptors (Lipinski definition) is 1. The van der Waals surface area contributed by atoms with E-state index in [1.165, 1.54) is 142 Å². The Bertz CT molecular complexity index is 2230. The van der Waals surface area contributed by atoms with Gasteiger partial charge in [-0.2, -0.15) is 0 Å². The monoisotopic (exact) mass is 691 g/mol. The third kappa shape index (κ3) is 6.43. The molecule has 0 saturated heterocycles. The second-order valence-corrected chi connectivity index (χ2v) is 16.7. The van der Waals surface area contributed by atoms with E-state index < -0.39 is 0 Å². The molecule has 0 radical (unpaired) electrons. The summed E-state index contributed by atoms with van der Waals surface area (Å²) in [7, 11) is 0.